The monoisotopic (exact) mass is 308 g/mol. The summed E-state index contributed by atoms with van der Waals surface area (Å²) < 4.78 is 0. The lowest BCUT2D eigenvalue weighted by Gasteiger charge is -2.45. The van der Waals surface area contributed by atoms with Crippen molar-refractivity contribution in [3.8, 4) is 0 Å². The smallest absolute Gasteiger partial charge is 0.0881 e. The molecule has 2 heteroatoms. The van der Waals surface area contributed by atoms with E-state index in [1.165, 1.54) is 0 Å². The van der Waals surface area contributed by atoms with E-state index in [-0.39, 0.29) is 5.41 Å². The first-order chi connectivity index (χ1) is 9.93. The third-order valence-electron chi connectivity index (χ3n) is 6.29. The summed E-state index contributed by atoms with van der Waals surface area (Å²) in [5.74, 6) is 1.18. The molecule has 0 aromatic heterocycles. The minimum Gasteiger partial charge on any atom is -0.389 e. The fourth-order valence-corrected chi connectivity index (χ4v) is 4.36. The Morgan fingerprint density at radius 1 is 0.955 bits per heavy atom. The predicted molar refractivity (Wildman–Crippen MR) is 92.6 cm³/mol. The highest BCUT2D eigenvalue weighted by molar-refractivity contribution is 5.25. The van der Waals surface area contributed by atoms with Crippen LogP contribution in [0.1, 0.15) is 80.1 Å². The third-order valence-corrected chi connectivity index (χ3v) is 6.29. The van der Waals surface area contributed by atoms with Crippen molar-refractivity contribution in [2.24, 2.45) is 22.7 Å². The molecule has 0 aromatic carbocycles. The van der Waals surface area contributed by atoms with Crippen LogP contribution < -0.4 is 0 Å². The molecular formula is C20H36O2. The summed E-state index contributed by atoms with van der Waals surface area (Å²) in [6, 6.07) is 0. The zero-order valence-corrected chi connectivity index (χ0v) is 15.4. The summed E-state index contributed by atoms with van der Waals surface area (Å²) in [6.45, 7) is 13.6. The lowest BCUT2D eigenvalue weighted by atomic mass is 9.63. The van der Waals surface area contributed by atoms with Crippen LogP contribution in [0.25, 0.3) is 0 Å². The third kappa shape index (κ3) is 3.76. The normalized spacial score (nSPS) is 37.8. The van der Waals surface area contributed by atoms with Gasteiger partial charge in [-0.1, -0.05) is 47.6 Å². The summed E-state index contributed by atoms with van der Waals surface area (Å²) in [5.41, 5.74) is 0.693. The van der Waals surface area contributed by atoms with E-state index in [2.05, 4.69) is 47.6 Å². The van der Waals surface area contributed by atoms with Gasteiger partial charge in [0.25, 0.3) is 0 Å². The Morgan fingerprint density at radius 2 is 1.45 bits per heavy atom. The van der Waals surface area contributed by atoms with Gasteiger partial charge in [0.1, 0.15) is 0 Å². The Labute approximate surface area is 137 Å². The second-order valence-electron chi connectivity index (χ2n) is 9.88. The largest absolute Gasteiger partial charge is 0.389 e. The van der Waals surface area contributed by atoms with E-state index >= 15 is 0 Å². The molecule has 0 aliphatic heterocycles. The highest BCUT2D eigenvalue weighted by Gasteiger charge is 2.43. The summed E-state index contributed by atoms with van der Waals surface area (Å²) in [4.78, 5) is 0. The van der Waals surface area contributed by atoms with Crippen LogP contribution in [-0.4, -0.2) is 21.9 Å². The first-order valence-corrected chi connectivity index (χ1v) is 9.04. The van der Waals surface area contributed by atoms with E-state index in [0.29, 0.717) is 17.3 Å². The SMILES string of the molecule is CC(C)(C)C1CCC(O)(C2=CC[C@H](C(C)(C)C)C[C@H]2O)CC1. The van der Waals surface area contributed by atoms with Crippen molar-refractivity contribution in [1.82, 2.24) is 0 Å². The molecule has 2 aliphatic carbocycles. The first kappa shape index (κ1) is 18.0. The molecule has 2 N–H and O–H groups in total. The number of hydrogen-bond acceptors (Lipinski definition) is 2. The predicted octanol–water partition coefficient (Wildman–Crippen LogP) is 4.70. The van der Waals surface area contributed by atoms with Crippen LogP contribution in [0.2, 0.25) is 0 Å². The van der Waals surface area contributed by atoms with Crippen molar-refractivity contribution < 1.29 is 10.2 Å². The van der Waals surface area contributed by atoms with Gasteiger partial charge in [-0.15, -0.1) is 0 Å². The molecule has 2 rings (SSSR count). The lowest BCUT2D eigenvalue weighted by Crippen LogP contribution is -2.44. The van der Waals surface area contributed by atoms with Crippen LogP contribution in [0, 0.1) is 22.7 Å². The van der Waals surface area contributed by atoms with Crippen molar-refractivity contribution in [3.05, 3.63) is 11.6 Å². The Kier molecular flexibility index (Phi) is 4.86. The minimum atomic E-state index is -0.760. The molecule has 0 bridgehead atoms. The van der Waals surface area contributed by atoms with Crippen molar-refractivity contribution in [2.45, 2.75) is 91.8 Å². The van der Waals surface area contributed by atoms with Gasteiger partial charge in [-0.2, -0.15) is 0 Å². The molecule has 0 spiro atoms. The van der Waals surface area contributed by atoms with E-state index in [1.54, 1.807) is 0 Å². The van der Waals surface area contributed by atoms with E-state index in [4.69, 9.17) is 0 Å². The van der Waals surface area contributed by atoms with Crippen LogP contribution in [0.3, 0.4) is 0 Å². The standard InChI is InChI=1S/C20H36O2/c1-18(2,3)14-9-11-20(22,12-10-14)16-8-7-15(13-17(16)21)19(4,5)6/h8,14-15,17,21-22H,7,9-13H2,1-6H3/t14?,15-,17+,20?/m0/s1. The number of allylic oxidation sites excluding steroid dienone is 1. The quantitative estimate of drug-likeness (QED) is 0.689. The molecule has 0 saturated heterocycles. The Balaban J connectivity index is 2.07. The number of aliphatic hydroxyl groups excluding tert-OH is 1. The highest BCUT2D eigenvalue weighted by atomic mass is 16.3. The first-order valence-electron chi connectivity index (χ1n) is 9.04. The van der Waals surface area contributed by atoms with Crippen LogP contribution in [0.4, 0.5) is 0 Å². The zero-order valence-electron chi connectivity index (χ0n) is 15.4. The summed E-state index contributed by atoms with van der Waals surface area (Å²) in [6.07, 6.45) is 7.20. The van der Waals surface area contributed by atoms with Crippen LogP contribution >= 0.6 is 0 Å². The van der Waals surface area contributed by atoms with Gasteiger partial charge in [0.15, 0.2) is 0 Å². The van der Waals surface area contributed by atoms with Crippen molar-refractivity contribution in [1.29, 1.82) is 0 Å². The maximum Gasteiger partial charge on any atom is 0.0881 e. The van der Waals surface area contributed by atoms with Gasteiger partial charge < -0.3 is 10.2 Å². The van der Waals surface area contributed by atoms with Gasteiger partial charge in [0.2, 0.25) is 0 Å². The zero-order chi connectivity index (χ0) is 16.8. The van der Waals surface area contributed by atoms with Crippen molar-refractivity contribution in [2.75, 3.05) is 0 Å². The fraction of sp³-hybridized carbons (Fsp3) is 0.900. The lowest BCUT2D eigenvalue weighted by molar-refractivity contribution is -0.0208. The van der Waals surface area contributed by atoms with Gasteiger partial charge in [-0.3, -0.25) is 0 Å². The maximum atomic E-state index is 11.1. The minimum absolute atomic E-state index is 0.218. The van der Waals surface area contributed by atoms with Gasteiger partial charge in [-0.25, -0.2) is 0 Å². The van der Waals surface area contributed by atoms with E-state index in [1.807, 2.05) is 0 Å². The van der Waals surface area contributed by atoms with Crippen molar-refractivity contribution >= 4 is 0 Å². The van der Waals surface area contributed by atoms with E-state index < -0.39 is 11.7 Å². The molecule has 0 radical (unpaired) electrons. The number of hydrogen-bond donors (Lipinski definition) is 2. The second-order valence-corrected chi connectivity index (χ2v) is 9.88. The van der Waals surface area contributed by atoms with Gasteiger partial charge in [0.05, 0.1) is 11.7 Å². The molecule has 0 aromatic rings. The summed E-state index contributed by atoms with van der Waals surface area (Å²) in [5, 5.41) is 21.7. The van der Waals surface area contributed by atoms with Crippen molar-refractivity contribution in [3.63, 3.8) is 0 Å². The van der Waals surface area contributed by atoms with E-state index in [9.17, 15) is 10.2 Å². The van der Waals surface area contributed by atoms with E-state index in [0.717, 1.165) is 44.1 Å². The summed E-state index contributed by atoms with van der Waals surface area (Å²) >= 11 is 0. The second kappa shape index (κ2) is 5.94. The number of aliphatic hydroxyl groups is 2. The van der Waals surface area contributed by atoms with Gasteiger partial charge in [-0.05, 0) is 66.8 Å². The van der Waals surface area contributed by atoms with Gasteiger partial charge in [0, 0.05) is 0 Å². The number of rotatable bonds is 1. The molecule has 1 fully saturated rings. The Bertz CT molecular complexity index is 414. The molecule has 0 amide bonds. The molecule has 22 heavy (non-hydrogen) atoms. The molecular weight excluding hydrogens is 272 g/mol. The molecule has 0 unspecified atom stereocenters. The molecule has 2 atom stereocenters. The summed E-state index contributed by atoms with van der Waals surface area (Å²) in [7, 11) is 0. The molecule has 0 heterocycles. The Hall–Kier alpha value is -0.340. The van der Waals surface area contributed by atoms with Crippen LogP contribution in [-0.2, 0) is 0 Å². The fourth-order valence-electron chi connectivity index (χ4n) is 4.36. The topological polar surface area (TPSA) is 40.5 Å². The van der Waals surface area contributed by atoms with Gasteiger partial charge >= 0.3 is 0 Å². The Morgan fingerprint density at radius 3 is 1.86 bits per heavy atom. The molecule has 1 saturated carbocycles. The average molecular weight is 309 g/mol. The average Bonchev–Trinajstić information content (AvgIpc) is 2.36. The highest BCUT2D eigenvalue weighted by Crippen LogP contribution is 2.47. The molecule has 2 aliphatic rings. The molecule has 128 valence electrons. The van der Waals surface area contributed by atoms with Crippen LogP contribution in [0.15, 0.2) is 11.6 Å². The maximum absolute atomic E-state index is 11.1. The van der Waals surface area contributed by atoms with Crippen LogP contribution in [0.5, 0.6) is 0 Å². The molecule has 2 nitrogen and oxygen atoms in total.